The van der Waals surface area contributed by atoms with Gasteiger partial charge >= 0.3 is 0 Å². The summed E-state index contributed by atoms with van der Waals surface area (Å²) in [7, 11) is 0. The molecule has 0 bridgehead atoms. The SMILES string of the molecule is O=C(CSc1nc2ccsc2c(=O)n1-c1ccccc1Cl)NCc1ccc(F)cc1. The van der Waals surface area contributed by atoms with Gasteiger partial charge in [-0.15, -0.1) is 11.3 Å². The van der Waals surface area contributed by atoms with Gasteiger partial charge in [0.25, 0.3) is 5.56 Å². The number of nitrogens with one attached hydrogen (secondary N) is 1. The van der Waals surface area contributed by atoms with Crippen LogP contribution in [0.5, 0.6) is 0 Å². The third-order valence-electron chi connectivity index (χ3n) is 4.28. The first-order valence-electron chi connectivity index (χ1n) is 8.92. The van der Waals surface area contributed by atoms with Crippen LogP contribution in [0.1, 0.15) is 5.56 Å². The maximum atomic E-state index is 13.1. The number of halogens is 2. The highest BCUT2D eigenvalue weighted by atomic mass is 35.5. The molecule has 1 amide bonds. The van der Waals surface area contributed by atoms with Gasteiger partial charge < -0.3 is 5.32 Å². The molecule has 0 saturated heterocycles. The van der Waals surface area contributed by atoms with Crippen LogP contribution in [0.4, 0.5) is 4.39 Å². The number of thioether (sulfide) groups is 1. The minimum atomic E-state index is -0.326. The van der Waals surface area contributed by atoms with Crippen molar-refractivity contribution in [2.75, 3.05) is 5.75 Å². The van der Waals surface area contributed by atoms with Gasteiger partial charge in [0.1, 0.15) is 10.5 Å². The van der Waals surface area contributed by atoms with Gasteiger partial charge in [-0.1, -0.05) is 47.6 Å². The number of carbonyl (C=O) groups excluding carboxylic acids is 1. The highest BCUT2D eigenvalue weighted by molar-refractivity contribution is 7.99. The molecule has 0 radical (unpaired) electrons. The zero-order chi connectivity index (χ0) is 21.1. The molecular weight excluding hydrogens is 445 g/mol. The Kier molecular flexibility index (Phi) is 6.17. The molecule has 0 aliphatic rings. The number of fused-ring (bicyclic) bond motifs is 1. The van der Waals surface area contributed by atoms with Gasteiger partial charge in [0.05, 0.1) is 22.0 Å². The van der Waals surface area contributed by atoms with E-state index in [-0.39, 0.29) is 29.6 Å². The van der Waals surface area contributed by atoms with Crippen LogP contribution in [0.25, 0.3) is 15.9 Å². The number of thiophene rings is 1. The van der Waals surface area contributed by atoms with E-state index >= 15 is 0 Å². The number of aromatic nitrogens is 2. The third kappa shape index (κ3) is 4.40. The summed E-state index contributed by atoms with van der Waals surface area (Å²) >= 11 is 8.79. The highest BCUT2D eigenvalue weighted by Gasteiger charge is 2.17. The van der Waals surface area contributed by atoms with Crippen molar-refractivity contribution in [1.82, 2.24) is 14.9 Å². The molecule has 0 atom stereocenters. The van der Waals surface area contributed by atoms with Gasteiger partial charge in [-0.2, -0.15) is 0 Å². The van der Waals surface area contributed by atoms with E-state index in [4.69, 9.17) is 11.6 Å². The van der Waals surface area contributed by atoms with Gasteiger partial charge in [0.2, 0.25) is 5.91 Å². The fourth-order valence-electron chi connectivity index (χ4n) is 2.82. The number of amides is 1. The summed E-state index contributed by atoms with van der Waals surface area (Å²) in [6.45, 7) is 0.286. The van der Waals surface area contributed by atoms with Crippen LogP contribution in [0.3, 0.4) is 0 Å². The average Bonchev–Trinajstić information content (AvgIpc) is 3.22. The molecule has 0 saturated carbocycles. The molecule has 0 aliphatic heterocycles. The number of hydrogen-bond acceptors (Lipinski definition) is 5. The standard InChI is InChI=1S/C21H15ClFN3O2S2/c22-15-3-1-2-4-17(15)26-20(28)19-16(9-10-29-19)25-21(26)30-12-18(27)24-11-13-5-7-14(23)8-6-13/h1-10H,11-12H2,(H,24,27). The van der Waals surface area contributed by atoms with Crippen molar-refractivity contribution in [3.63, 3.8) is 0 Å². The fourth-order valence-corrected chi connectivity index (χ4v) is 4.63. The van der Waals surface area contributed by atoms with E-state index in [1.54, 1.807) is 47.8 Å². The van der Waals surface area contributed by atoms with Crippen molar-refractivity contribution in [3.8, 4) is 5.69 Å². The first-order valence-corrected chi connectivity index (χ1v) is 11.2. The van der Waals surface area contributed by atoms with Crippen molar-refractivity contribution >= 4 is 50.8 Å². The second-order valence-electron chi connectivity index (χ2n) is 6.31. The average molecular weight is 460 g/mol. The number of benzene rings is 2. The lowest BCUT2D eigenvalue weighted by Gasteiger charge is -2.13. The normalized spacial score (nSPS) is 11.0. The molecule has 2 heterocycles. The summed E-state index contributed by atoms with van der Waals surface area (Å²) < 4.78 is 15.0. The first-order chi connectivity index (χ1) is 14.5. The van der Waals surface area contributed by atoms with E-state index in [0.29, 0.717) is 26.1 Å². The van der Waals surface area contributed by atoms with Gasteiger partial charge in [0.15, 0.2) is 5.16 Å². The van der Waals surface area contributed by atoms with Gasteiger partial charge in [0, 0.05) is 6.54 Å². The number of hydrogen-bond donors (Lipinski definition) is 1. The van der Waals surface area contributed by atoms with Crippen LogP contribution in [-0.2, 0) is 11.3 Å². The molecule has 4 aromatic rings. The van der Waals surface area contributed by atoms with Crippen LogP contribution < -0.4 is 10.9 Å². The lowest BCUT2D eigenvalue weighted by atomic mass is 10.2. The summed E-state index contributed by atoms with van der Waals surface area (Å²) in [5, 5.41) is 5.39. The predicted molar refractivity (Wildman–Crippen MR) is 119 cm³/mol. The molecule has 0 fully saturated rings. The van der Waals surface area contributed by atoms with Crippen LogP contribution in [0.15, 0.2) is 69.9 Å². The smallest absolute Gasteiger partial charge is 0.276 e. The van der Waals surface area contributed by atoms with Crippen LogP contribution >= 0.6 is 34.7 Å². The minimum Gasteiger partial charge on any atom is -0.351 e. The van der Waals surface area contributed by atoms with Gasteiger partial charge in [-0.05, 0) is 41.3 Å². The molecular formula is C21H15ClFN3O2S2. The van der Waals surface area contributed by atoms with Crippen molar-refractivity contribution in [1.29, 1.82) is 0 Å². The molecule has 1 N–H and O–H groups in total. The lowest BCUT2D eigenvalue weighted by Crippen LogP contribution is -2.26. The van der Waals surface area contributed by atoms with E-state index in [2.05, 4.69) is 10.3 Å². The molecule has 30 heavy (non-hydrogen) atoms. The van der Waals surface area contributed by atoms with Crippen LogP contribution in [0.2, 0.25) is 5.02 Å². The van der Waals surface area contributed by atoms with Crippen LogP contribution in [-0.4, -0.2) is 21.2 Å². The molecule has 2 aromatic carbocycles. The monoisotopic (exact) mass is 459 g/mol. The quantitative estimate of drug-likeness (QED) is 0.337. The summed E-state index contributed by atoms with van der Waals surface area (Å²) in [6, 6.07) is 14.7. The predicted octanol–water partition coefficient (Wildman–Crippen LogP) is 4.65. The number of carbonyl (C=O) groups is 1. The molecule has 5 nitrogen and oxygen atoms in total. The van der Waals surface area contributed by atoms with E-state index in [1.165, 1.54) is 28.0 Å². The lowest BCUT2D eigenvalue weighted by molar-refractivity contribution is -0.118. The topological polar surface area (TPSA) is 64.0 Å². The second-order valence-corrected chi connectivity index (χ2v) is 8.58. The zero-order valence-electron chi connectivity index (χ0n) is 15.5. The van der Waals surface area contributed by atoms with E-state index in [9.17, 15) is 14.0 Å². The summed E-state index contributed by atoms with van der Waals surface area (Å²) in [6.07, 6.45) is 0. The Bertz CT molecular complexity index is 1270. The maximum absolute atomic E-state index is 13.1. The minimum absolute atomic E-state index is 0.0632. The molecule has 2 aromatic heterocycles. The summed E-state index contributed by atoms with van der Waals surface area (Å²) in [4.78, 5) is 30.0. The fraction of sp³-hybridized carbons (Fsp3) is 0.0952. The van der Waals surface area contributed by atoms with Crippen molar-refractivity contribution in [2.24, 2.45) is 0 Å². The first kappa shape index (κ1) is 20.6. The second kappa shape index (κ2) is 8.99. The van der Waals surface area contributed by atoms with Crippen molar-refractivity contribution in [2.45, 2.75) is 11.7 Å². The molecule has 9 heteroatoms. The molecule has 0 spiro atoms. The summed E-state index contributed by atoms with van der Waals surface area (Å²) in [5.74, 6) is -0.490. The largest absolute Gasteiger partial charge is 0.351 e. The Morgan fingerprint density at radius 1 is 1.17 bits per heavy atom. The molecule has 0 unspecified atom stereocenters. The Morgan fingerprint density at radius 3 is 2.70 bits per heavy atom. The summed E-state index contributed by atoms with van der Waals surface area (Å²) in [5.41, 5.74) is 1.67. The van der Waals surface area contributed by atoms with Crippen molar-refractivity contribution in [3.05, 3.63) is 86.7 Å². The third-order valence-corrected chi connectivity index (χ3v) is 6.43. The van der Waals surface area contributed by atoms with E-state index < -0.39 is 0 Å². The zero-order valence-corrected chi connectivity index (χ0v) is 17.9. The highest BCUT2D eigenvalue weighted by Crippen LogP contribution is 2.26. The van der Waals surface area contributed by atoms with E-state index in [1.807, 2.05) is 0 Å². The Hall–Kier alpha value is -2.68. The van der Waals surface area contributed by atoms with Crippen LogP contribution in [0, 0.1) is 5.82 Å². The molecule has 152 valence electrons. The maximum Gasteiger partial charge on any atom is 0.276 e. The number of nitrogens with zero attached hydrogens (tertiary/aromatic N) is 2. The molecule has 0 aliphatic carbocycles. The van der Waals surface area contributed by atoms with Crippen molar-refractivity contribution < 1.29 is 9.18 Å². The Balaban J connectivity index is 1.57. The van der Waals surface area contributed by atoms with Gasteiger partial charge in [-0.3, -0.25) is 14.2 Å². The number of para-hydroxylation sites is 1. The Labute approximate surface area is 184 Å². The van der Waals surface area contributed by atoms with E-state index in [0.717, 1.165) is 17.3 Å². The molecule has 4 rings (SSSR count). The van der Waals surface area contributed by atoms with Gasteiger partial charge in [-0.25, -0.2) is 9.37 Å². The Morgan fingerprint density at radius 2 is 1.93 bits per heavy atom. The number of rotatable bonds is 6.